The van der Waals surface area contributed by atoms with Crippen LogP contribution in [0.25, 0.3) is 0 Å². The third-order valence-corrected chi connectivity index (χ3v) is 4.55. The second-order valence-corrected chi connectivity index (χ2v) is 5.87. The lowest BCUT2D eigenvalue weighted by atomic mass is 9.79. The second kappa shape index (κ2) is 8.77. The fraction of sp³-hybridized carbons (Fsp3) is 0.611. The molecule has 2 unspecified atom stereocenters. The summed E-state index contributed by atoms with van der Waals surface area (Å²) < 4.78 is 16.3. The van der Waals surface area contributed by atoms with Gasteiger partial charge in [-0.1, -0.05) is 12.8 Å². The van der Waals surface area contributed by atoms with Gasteiger partial charge in [-0.05, 0) is 36.5 Å². The number of carbonyl (C=O) groups is 1. The molecule has 2 atom stereocenters. The number of methoxy groups -OCH3 is 3. The lowest BCUT2D eigenvalue weighted by Gasteiger charge is -2.33. The maximum Gasteiger partial charge on any atom is 0.203 e. The summed E-state index contributed by atoms with van der Waals surface area (Å²) in [5.74, 6) is 2.40. The molecule has 1 saturated carbocycles. The van der Waals surface area contributed by atoms with Crippen LogP contribution < -0.4 is 19.5 Å². The van der Waals surface area contributed by atoms with Crippen LogP contribution in [0.2, 0.25) is 0 Å². The SMILES string of the molecule is COc1cc(C2CCCCC2NCCC=O)cc(OC)c1OC. The van der Waals surface area contributed by atoms with E-state index in [1.54, 1.807) is 21.3 Å². The van der Waals surface area contributed by atoms with Crippen LogP contribution >= 0.6 is 0 Å². The fourth-order valence-electron chi connectivity index (χ4n) is 3.42. The molecule has 1 N–H and O–H groups in total. The highest BCUT2D eigenvalue weighted by molar-refractivity contribution is 5.54. The van der Waals surface area contributed by atoms with Crippen LogP contribution in [0.3, 0.4) is 0 Å². The highest BCUT2D eigenvalue weighted by atomic mass is 16.5. The van der Waals surface area contributed by atoms with E-state index in [0.717, 1.165) is 25.7 Å². The minimum absolute atomic E-state index is 0.381. The van der Waals surface area contributed by atoms with Gasteiger partial charge in [-0.25, -0.2) is 0 Å². The number of benzene rings is 1. The number of carbonyl (C=O) groups excluding carboxylic acids is 1. The van der Waals surface area contributed by atoms with E-state index in [1.165, 1.54) is 18.4 Å². The van der Waals surface area contributed by atoms with Crippen LogP contribution in [0.1, 0.15) is 43.6 Å². The highest BCUT2D eigenvalue weighted by Gasteiger charge is 2.28. The Morgan fingerprint density at radius 2 is 1.74 bits per heavy atom. The first-order valence-electron chi connectivity index (χ1n) is 8.22. The molecule has 0 spiro atoms. The second-order valence-electron chi connectivity index (χ2n) is 5.87. The van der Waals surface area contributed by atoms with Gasteiger partial charge in [0, 0.05) is 19.0 Å². The van der Waals surface area contributed by atoms with Gasteiger partial charge in [-0.15, -0.1) is 0 Å². The average Bonchev–Trinajstić information content (AvgIpc) is 2.61. The molecule has 0 heterocycles. The number of nitrogens with one attached hydrogen (secondary N) is 1. The van der Waals surface area contributed by atoms with E-state index in [-0.39, 0.29) is 0 Å². The topological polar surface area (TPSA) is 56.8 Å². The average molecular weight is 321 g/mol. The van der Waals surface area contributed by atoms with E-state index < -0.39 is 0 Å². The fourth-order valence-corrected chi connectivity index (χ4v) is 3.42. The Labute approximate surface area is 138 Å². The van der Waals surface area contributed by atoms with Crippen molar-refractivity contribution >= 4 is 6.29 Å². The van der Waals surface area contributed by atoms with Gasteiger partial charge in [0.15, 0.2) is 11.5 Å². The predicted molar refractivity (Wildman–Crippen MR) is 89.8 cm³/mol. The van der Waals surface area contributed by atoms with Crippen LogP contribution in [0.4, 0.5) is 0 Å². The predicted octanol–water partition coefficient (Wildman–Crippen LogP) is 2.92. The molecule has 0 aliphatic heterocycles. The molecule has 5 nitrogen and oxygen atoms in total. The Balaban J connectivity index is 2.27. The summed E-state index contributed by atoms with van der Waals surface area (Å²) in [4.78, 5) is 10.5. The lowest BCUT2D eigenvalue weighted by molar-refractivity contribution is -0.107. The summed E-state index contributed by atoms with van der Waals surface area (Å²) >= 11 is 0. The number of hydrogen-bond acceptors (Lipinski definition) is 5. The molecule has 1 aliphatic carbocycles. The van der Waals surface area contributed by atoms with Gasteiger partial charge in [0.05, 0.1) is 21.3 Å². The van der Waals surface area contributed by atoms with Gasteiger partial charge in [0.2, 0.25) is 5.75 Å². The van der Waals surface area contributed by atoms with Crippen LogP contribution in [0.5, 0.6) is 17.2 Å². The zero-order chi connectivity index (χ0) is 16.7. The molecule has 1 aliphatic rings. The van der Waals surface area contributed by atoms with Crippen molar-refractivity contribution in [2.45, 2.75) is 44.1 Å². The Bertz CT molecular complexity index is 493. The molecular weight excluding hydrogens is 294 g/mol. The monoisotopic (exact) mass is 321 g/mol. The summed E-state index contributed by atoms with van der Waals surface area (Å²) in [7, 11) is 4.90. The Kier molecular flexibility index (Phi) is 6.71. The van der Waals surface area contributed by atoms with Crippen molar-refractivity contribution in [1.29, 1.82) is 0 Å². The summed E-state index contributed by atoms with van der Waals surface area (Å²) in [5.41, 5.74) is 1.20. The van der Waals surface area contributed by atoms with Crippen molar-refractivity contribution < 1.29 is 19.0 Å². The highest BCUT2D eigenvalue weighted by Crippen LogP contribution is 2.43. The molecule has 0 saturated heterocycles. The van der Waals surface area contributed by atoms with E-state index in [9.17, 15) is 4.79 Å². The quantitative estimate of drug-likeness (QED) is 0.589. The van der Waals surface area contributed by atoms with Crippen molar-refractivity contribution in [2.24, 2.45) is 0 Å². The molecule has 0 aromatic heterocycles. The van der Waals surface area contributed by atoms with Gasteiger partial charge in [-0.2, -0.15) is 0 Å². The van der Waals surface area contributed by atoms with E-state index in [1.807, 2.05) is 12.1 Å². The van der Waals surface area contributed by atoms with Crippen LogP contribution in [0.15, 0.2) is 12.1 Å². The molecule has 23 heavy (non-hydrogen) atoms. The van der Waals surface area contributed by atoms with Crippen LogP contribution in [-0.4, -0.2) is 40.2 Å². The van der Waals surface area contributed by atoms with Crippen molar-refractivity contribution in [2.75, 3.05) is 27.9 Å². The number of aldehydes is 1. The molecule has 0 bridgehead atoms. The third-order valence-electron chi connectivity index (χ3n) is 4.55. The Hall–Kier alpha value is -1.75. The maximum absolute atomic E-state index is 10.5. The first kappa shape index (κ1) is 17.6. The molecule has 0 radical (unpaired) electrons. The Morgan fingerprint density at radius 3 is 2.30 bits per heavy atom. The summed E-state index contributed by atoms with van der Waals surface area (Å²) in [6.45, 7) is 0.731. The first-order chi connectivity index (χ1) is 11.2. The Morgan fingerprint density at radius 1 is 1.09 bits per heavy atom. The van der Waals surface area contributed by atoms with Gasteiger partial charge < -0.3 is 24.3 Å². The maximum atomic E-state index is 10.5. The summed E-state index contributed by atoms with van der Waals surface area (Å²) in [6.07, 6.45) is 6.20. The van der Waals surface area contributed by atoms with E-state index in [0.29, 0.717) is 35.6 Å². The summed E-state index contributed by atoms with van der Waals surface area (Å²) in [6, 6.07) is 4.48. The first-order valence-corrected chi connectivity index (χ1v) is 8.22. The normalized spacial score (nSPS) is 20.8. The molecule has 0 amide bonds. The van der Waals surface area contributed by atoms with Gasteiger partial charge in [-0.3, -0.25) is 0 Å². The van der Waals surface area contributed by atoms with Gasteiger partial charge in [0.25, 0.3) is 0 Å². The zero-order valence-electron chi connectivity index (χ0n) is 14.3. The van der Waals surface area contributed by atoms with Crippen molar-refractivity contribution in [3.63, 3.8) is 0 Å². The van der Waals surface area contributed by atoms with Crippen molar-refractivity contribution in [3.05, 3.63) is 17.7 Å². The number of hydrogen-bond donors (Lipinski definition) is 1. The standard InChI is InChI=1S/C18H27NO4/c1-21-16-11-13(12-17(22-2)18(16)23-3)14-7-4-5-8-15(14)19-9-6-10-20/h10-12,14-15,19H,4-9H2,1-3H3. The molecular formula is C18H27NO4. The molecule has 1 aromatic carbocycles. The van der Waals surface area contributed by atoms with Gasteiger partial charge >= 0.3 is 0 Å². The molecule has 2 rings (SSSR count). The zero-order valence-corrected chi connectivity index (χ0v) is 14.3. The van der Waals surface area contributed by atoms with Gasteiger partial charge in [0.1, 0.15) is 6.29 Å². The largest absolute Gasteiger partial charge is 0.493 e. The van der Waals surface area contributed by atoms with E-state index >= 15 is 0 Å². The summed E-state index contributed by atoms with van der Waals surface area (Å²) in [5, 5.41) is 3.53. The van der Waals surface area contributed by atoms with Crippen LogP contribution in [0, 0.1) is 0 Å². The van der Waals surface area contributed by atoms with Crippen LogP contribution in [-0.2, 0) is 4.79 Å². The molecule has 5 heteroatoms. The van der Waals surface area contributed by atoms with E-state index in [2.05, 4.69) is 5.32 Å². The number of rotatable bonds is 8. The number of ether oxygens (including phenoxy) is 3. The van der Waals surface area contributed by atoms with E-state index in [4.69, 9.17) is 14.2 Å². The molecule has 1 aromatic rings. The third kappa shape index (κ3) is 4.16. The molecule has 1 fully saturated rings. The molecule has 128 valence electrons. The lowest BCUT2D eigenvalue weighted by Crippen LogP contribution is -2.37. The minimum atomic E-state index is 0.381. The smallest absolute Gasteiger partial charge is 0.203 e. The van der Waals surface area contributed by atoms with Crippen molar-refractivity contribution in [3.8, 4) is 17.2 Å². The van der Waals surface area contributed by atoms with Crippen molar-refractivity contribution in [1.82, 2.24) is 5.32 Å². The minimum Gasteiger partial charge on any atom is -0.493 e.